The summed E-state index contributed by atoms with van der Waals surface area (Å²) < 4.78 is 25.7. The van der Waals surface area contributed by atoms with Crippen molar-refractivity contribution in [3.63, 3.8) is 0 Å². The molecule has 0 radical (unpaired) electrons. The number of nitrogens with zero attached hydrogens (tertiary/aromatic N) is 3. The van der Waals surface area contributed by atoms with E-state index in [1.54, 1.807) is 12.4 Å². The summed E-state index contributed by atoms with van der Waals surface area (Å²) in [5.74, 6) is 0. The Bertz CT molecular complexity index is 966. The fraction of sp³-hybridized carbons (Fsp3) is 0.143. The van der Waals surface area contributed by atoms with Crippen molar-refractivity contribution in [1.82, 2.24) is 14.5 Å². The second-order valence-corrected chi connectivity index (χ2v) is 7.04. The maximum Gasteiger partial charge on any atom is 0.272 e. The number of aryl methyl sites for hydroxylation is 1. The van der Waals surface area contributed by atoms with Crippen LogP contribution >= 0.6 is 15.9 Å². The molecule has 0 aliphatic carbocycles. The fourth-order valence-electron chi connectivity index (χ4n) is 2.33. The smallest absolute Gasteiger partial charge is 0.272 e. The van der Waals surface area contributed by atoms with Gasteiger partial charge < -0.3 is 4.57 Å². The fourth-order valence-corrected chi connectivity index (χ4v) is 3.51. The van der Waals surface area contributed by atoms with Gasteiger partial charge in [-0.2, -0.15) is 0 Å². The Morgan fingerprint density at radius 1 is 1.32 bits per heavy atom. The second-order valence-electron chi connectivity index (χ2n) is 4.73. The molecule has 3 aromatic rings. The van der Waals surface area contributed by atoms with Crippen molar-refractivity contribution < 1.29 is 8.42 Å². The number of halogens is 1. The second kappa shape index (κ2) is 5.45. The highest BCUT2D eigenvalue weighted by Gasteiger charge is 2.19. The molecule has 3 rings (SSSR count). The summed E-state index contributed by atoms with van der Waals surface area (Å²) in [7, 11) is -3.87. The van der Waals surface area contributed by atoms with Gasteiger partial charge in [0.15, 0.2) is 0 Å². The molecule has 0 saturated heterocycles. The van der Waals surface area contributed by atoms with Gasteiger partial charge in [-0.15, -0.1) is 0 Å². The summed E-state index contributed by atoms with van der Waals surface area (Å²) in [5.41, 5.74) is 2.04. The molecule has 0 atom stereocenters. The maximum absolute atomic E-state index is 11.6. The summed E-state index contributed by atoms with van der Waals surface area (Å²) in [6, 6.07) is 7.53. The van der Waals surface area contributed by atoms with Crippen LogP contribution in [0.3, 0.4) is 0 Å². The SMILES string of the molecule is CCn1cc(-c2ccc(Br)c3cccnc23)nc1S(N)(=O)=O. The summed E-state index contributed by atoms with van der Waals surface area (Å²) in [6.07, 6.45) is 3.37. The normalized spacial score (nSPS) is 12.0. The maximum atomic E-state index is 11.6. The van der Waals surface area contributed by atoms with Gasteiger partial charge in [-0.3, -0.25) is 4.98 Å². The molecule has 0 aliphatic rings. The molecule has 114 valence electrons. The molecule has 0 unspecified atom stereocenters. The highest BCUT2D eigenvalue weighted by molar-refractivity contribution is 9.10. The average Bonchev–Trinajstić information content (AvgIpc) is 2.92. The van der Waals surface area contributed by atoms with E-state index in [0.29, 0.717) is 12.2 Å². The number of benzene rings is 1. The van der Waals surface area contributed by atoms with Crippen LogP contribution in [-0.4, -0.2) is 23.0 Å². The topological polar surface area (TPSA) is 90.9 Å². The molecule has 0 aliphatic heterocycles. The zero-order valence-electron chi connectivity index (χ0n) is 11.7. The van der Waals surface area contributed by atoms with E-state index in [4.69, 9.17) is 5.14 Å². The lowest BCUT2D eigenvalue weighted by atomic mass is 10.1. The number of rotatable bonds is 3. The van der Waals surface area contributed by atoms with Crippen LogP contribution in [0.2, 0.25) is 0 Å². The molecule has 8 heteroatoms. The third kappa shape index (κ3) is 2.53. The van der Waals surface area contributed by atoms with E-state index in [0.717, 1.165) is 20.9 Å². The van der Waals surface area contributed by atoms with Crippen LogP contribution in [0.15, 0.2) is 46.3 Å². The van der Waals surface area contributed by atoms with E-state index in [2.05, 4.69) is 25.9 Å². The molecule has 2 heterocycles. The van der Waals surface area contributed by atoms with E-state index in [9.17, 15) is 8.42 Å². The Hall–Kier alpha value is -1.77. The zero-order valence-corrected chi connectivity index (χ0v) is 14.1. The number of sulfonamides is 1. The average molecular weight is 381 g/mol. The van der Waals surface area contributed by atoms with Crippen LogP contribution in [0, 0.1) is 0 Å². The molecule has 22 heavy (non-hydrogen) atoms. The number of nitrogens with two attached hydrogens (primary N) is 1. The summed E-state index contributed by atoms with van der Waals surface area (Å²) >= 11 is 3.49. The van der Waals surface area contributed by atoms with Crippen LogP contribution in [0.4, 0.5) is 0 Å². The van der Waals surface area contributed by atoms with Gasteiger partial charge in [-0.05, 0) is 25.1 Å². The number of hydrogen-bond donors (Lipinski definition) is 1. The minimum Gasteiger partial charge on any atom is -0.320 e. The van der Waals surface area contributed by atoms with Gasteiger partial charge in [0.05, 0.1) is 11.2 Å². The van der Waals surface area contributed by atoms with Gasteiger partial charge in [0.25, 0.3) is 10.0 Å². The van der Waals surface area contributed by atoms with E-state index in [1.807, 2.05) is 31.2 Å². The van der Waals surface area contributed by atoms with Crippen LogP contribution < -0.4 is 5.14 Å². The first-order chi connectivity index (χ1) is 10.4. The third-order valence-corrected chi connectivity index (χ3v) is 4.85. The van der Waals surface area contributed by atoms with Crippen LogP contribution in [0.25, 0.3) is 22.2 Å². The lowest BCUT2D eigenvalue weighted by Crippen LogP contribution is -2.17. The molecule has 0 bridgehead atoms. The predicted octanol–water partition coefficient (Wildman–Crippen LogP) is 2.53. The van der Waals surface area contributed by atoms with Gasteiger partial charge in [0.1, 0.15) is 0 Å². The van der Waals surface area contributed by atoms with Crippen molar-refractivity contribution in [3.05, 3.63) is 41.1 Å². The molecular formula is C14H13BrN4O2S. The largest absolute Gasteiger partial charge is 0.320 e. The van der Waals surface area contributed by atoms with Crippen molar-refractivity contribution in [2.24, 2.45) is 5.14 Å². The van der Waals surface area contributed by atoms with E-state index in [1.165, 1.54) is 4.57 Å². The molecule has 2 aromatic heterocycles. The Balaban J connectivity index is 2.29. The number of fused-ring (bicyclic) bond motifs is 1. The molecule has 0 fully saturated rings. The Morgan fingerprint density at radius 3 is 2.73 bits per heavy atom. The van der Waals surface area contributed by atoms with Crippen LogP contribution in [-0.2, 0) is 16.6 Å². The van der Waals surface area contributed by atoms with Crippen molar-refractivity contribution in [1.29, 1.82) is 0 Å². The monoisotopic (exact) mass is 380 g/mol. The molecule has 0 saturated carbocycles. The minimum atomic E-state index is -3.87. The van der Waals surface area contributed by atoms with Crippen LogP contribution in [0.5, 0.6) is 0 Å². The first-order valence-electron chi connectivity index (χ1n) is 6.55. The van der Waals surface area contributed by atoms with Crippen LogP contribution in [0.1, 0.15) is 6.92 Å². The third-order valence-electron chi connectivity index (χ3n) is 3.33. The van der Waals surface area contributed by atoms with Gasteiger partial charge >= 0.3 is 0 Å². The van der Waals surface area contributed by atoms with E-state index in [-0.39, 0.29) is 5.16 Å². The molecule has 1 aromatic carbocycles. The van der Waals surface area contributed by atoms with Crippen molar-refractivity contribution >= 4 is 36.9 Å². The van der Waals surface area contributed by atoms with Crippen molar-refractivity contribution in [2.45, 2.75) is 18.6 Å². The molecule has 2 N–H and O–H groups in total. The van der Waals surface area contributed by atoms with Gasteiger partial charge in [-0.25, -0.2) is 18.5 Å². The van der Waals surface area contributed by atoms with Crippen molar-refractivity contribution in [2.75, 3.05) is 0 Å². The minimum absolute atomic E-state index is 0.142. The molecule has 6 nitrogen and oxygen atoms in total. The first kappa shape index (κ1) is 15.1. The molecular weight excluding hydrogens is 368 g/mol. The highest BCUT2D eigenvalue weighted by atomic mass is 79.9. The van der Waals surface area contributed by atoms with Gasteiger partial charge in [0.2, 0.25) is 5.16 Å². The van der Waals surface area contributed by atoms with Gasteiger partial charge in [0, 0.05) is 34.4 Å². The van der Waals surface area contributed by atoms with E-state index >= 15 is 0 Å². The Morgan fingerprint density at radius 2 is 2.09 bits per heavy atom. The number of hydrogen-bond acceptors (Lipinski definition) is 4. The molecule has 0 amide bonds. The number of aromatic nitrogens is 3. The Labute approximate surface area is 136 Å². The summed E-state index contributed by atoms with van der Waals surface area (Å²) in [4.78, 5) is 8.58. The first-order valence-corrected chi connectivity index (χ1v) is 8.89. The highest BCUT2D eigenvalue weighted by Crippen LogP contribution is 2.31. The quantitative estimate of drug-likeness (QED) is 0.755. The lowest BCUT2D eigenvalue weighted by Gasteiger charge is -2.04. The number of imidazole rings is 1. The van der Waals surface area contributed by atoms with Crippen molar-refractivity contribution in [3.8, 4) is 11.3 Å². The Kier molecular flexibility index (Phi) is 3.75. The predicted molar refractivity (Wildman–Crippen MR) is 87.7 cm³/mol. The molecule has 0 spiro atoms. The lowest BCUT2D eigenvalue weighted by molar-refractivity contribution is 0.570. The summed E-state index contributed by atoms with van der Waals surface area (Å²) in [5, 5.41) is 6.02. The van der Waals surface area contributed by atoms with E-state index < -0.39 is 10.0 Å². The summed E-state index contributed by atoms with van der Waals surface area (Å²) in [6.45, 7) is 2.29. The zero-order chi connectivity index (χ0) is 15.9. The standard InChI is InChI=1S/C14H13BrN4O2S/c1-2-19-8-12(18-14(19)22(16,20)21)10-5-6-11(15)9-4-3-7-17-13(9)10/h3-8H,2H2,1H3,(H2,16,20,21). The van der Waals surface area contributed by atoms with Gasteiger partial charge in [-0.1, -0.05) is 22.0 Å². The number of pyridine rings is 1. The number of primary sulfonamides is 1.